The minimum absolute atomic E-state index is 0.336. The smallest absolute Gasteiger partial charge is 0.131 e. The Balaban J connectivity index is 2.32. The normalized spacial score (nSPS) is 10.3. The van der Waals surface area contributed by atoms with E-state index in [-0.39, 0.29) is 0 Å². The van der Waals surface area contributed by atoms with Gasteiger partial charge in [-0.3, -0.25) is 0 Å². The number of hydrogen-bond donors (Lipinski definition) is 2. The molecule has 19 heavy (non-hydrogen) atoms. The highest BCUT2D eigenvalue weighted by molar-refractivity contribution is 7.80. The van der Waals surface area contributed by atoms with Crippen LogP contribution in [0.2, 0.25) is 10.0 Å². The Kier molecular flexibility index (Phi) is 4.24. The standard InChI is InChI=1S/C13H11Cl2N3S/c1-7-4-8(13(16)19)5-12(17-7)18-9-2-3-10(14)11(15)6-9/h2-6H,1H3,(H2,16,19)(H,17,18). The third-order valence-corrected chi connectivity index (χ3v) is 3.40. The van der Waals surface area contributed by atoms with E-state index in [1.54, 1.807) is 18.2 Å². The Morgan fingerprint density at radius 1 is 1.21 bits per heavy atom. The maximum atomic E-state index is 5.96. The van der Waals surface area contributed by atoms with E-state index in [1.165, 1.54) is 0 Å². The predicted octanol–water partition coefficient (Wildman–Crippen LogP) is 4.07. The van der Waals surface area contributed by atoms with Gasteiger partial charge in [0.25, 0.3) is 0 Å². The lowest BCUT2D eigenvalue weighted by Gasteiger charge is -2.09. The monoisotopic (exact) mass is 311 g/mol. The Bertz CT molecular complexity index is 644. The highest BCUT2D eigenvalue weighted by atomic mass is 35.5. The Morgan fingerprint density at radius 2 is 1.95 bits per heavy atom. The van der Waals surface area contributed by atoms with Gasteiger partial charge in [-0.25, -0.2) is 4.98 Å². The summed E-state index contributed by atoms with van der Waals surface area (Å²) in [4.78, 5) is 4.70. The lowest BCUT2D eigenvalue weighted by Crippen LogP contribution is -2.10. The zero-order chi connectivity index (χ0) is 14.0. The van der Waals surface area contributed by atoms with Crippen LogP contribution < -0.4 is 11.1 Å². The molecule has 0 radical (unpaired) electrons. The molecule has 3 nitrogen and oxygen atoms in total. The molecule has 98 valence electrons. The molecular formula is C13H11Cl2N3S. The largest absolute Gasteiger partial charge is 0.389 e. The second kappa shape index (κ2) is 5.74. The van der Waals surface area contributed by atoms with Crippen LogP contribution in [0.3, 0.4) is 0 Å². The van der Waals surface area contributed by atoms with Crippen molar-refractivity contribution in [1.82, 2.24) is 4.98 Å². The number of nitrogens with zero attached hydrogens (tertiary/aromatic N) is 1. The van der Waals surface area contributed by atoms with E-state index >= 15 is 0 Å². The van der Waals surface area contributed by atoms with Crippen LogP contribution in [0.25, 0.3) is 0 Å². The quantitative estimate of drug-likeness (QED) is 0.839. The van der Waals surface area contributed by atoms with Gasteiger partial charge in [0.2, 0.25) is 0 Å². The van der Waals surface area contributed by atoms with Gasteiger partial charge in [0.15, 0.2) is 0 Å². The summed E-state index contributed by atoms with van der Waals surface area (Å²) >= 11 is 16.8. The Labute approximate surface area is 126 Å². The number of thiocarbonyl (C=S) groups is 1. The molecule has 0 spiro atoms. The molecule has 0 aliphatic rings. The molecule has 1 aromatic carbocycles. The molecule has 6 heteroatoms. The third-order valence-electron chi connectivity index (χ3n) is 2.43. The summed E-state index contributed by atoms with van der Waals surface area (Å²) in [5, 5.41) is 4.13. The number of halogens is 2. The van der Waals surface area contributed by atoms with Gasteiger partial charge in [-0.15, -0.1) is 0 Å². The van der Waals surface area contributed by atoms with Gasteiger partial charge in [0, 0.05) is 16.9 Å². The van der Waals surface area contributed by atoms with Crippen LogP contribution in [0.1, 0.15) is 11.3 Å². The first kappa shape index (κ1) is 14.1. The van der Waals surface area contributed by atoms with Crippen LogP contribution in [-0.4, -0.2) is 9.97 Å². The third kappa shape index (κ3) is 3.56. The maximum Gasteiger partial charge on any atom is 0.131 e. The summed E-state index contributed by atoms with van der Waals surface area (Å²) in [5.41, 5.74) is 8.01. The SMILES string of the molecule is Cc1cc(C(N)=S)cc(Nc2ccc(Cl)c(Cl)c2)n1. The van der Waals surface area contributed by atoms with E-state index in [1.807, 2.05) is 19.1 Å². The number of pyridine rings is 1. The van der Waals surface area contributed by atoms with Crippen molar-refractivity contribution < 1.29 is 0 Å². The Morgan fingerprint density at radius 3 is 2.58 bits per heavy atom. The number of anilines is 2. The zero-order valence-electron chi connectivity index (χ0n) is 10.1. The summed E-state index contributed by atoms with van der Waals surface area (Å²) in [5.74, 6) is 0.654. The van der Waals surface area contributed by atoms with Gasteiger partial charge in [0.1, 0.15) is 10.8 Å². The molecule has 0 atom stereocenters. The number of nitrogens with one attached hydrogen (secondary N) is 1. The van der Waals surface area contributed by atoms with E-state index < -0.39 is 0 Å². The first-order valence-corrected chi connectivity index (χ1v) is 6.62. The predicted molar refractivity (Wildman–Crippen MR) is 84.6 cm³/mol. The van der Waals surface area contributed by atoms with Crippen molar-refractivity contribution in [3.63, 3.8) is 0 Å². The molecule has 2 aromatic rings. The molecule has 0 aliphatic carbocycles. The van der Waals surface area contributed by atoms with Crippen molar-refractivity contribution in [2.75, 3.05) is 5.32 Å². The highest BCUT2D eigenvalue weighted by Gasteiger charge is 2.04. The van der Waals surface area contributed by atoms with Crippen molar-refractivity contribution in [3.8, 4) is 0 Å². The Hall–Kier alpha value is -1.36. The highest BCUT2D eigenvalue weighted by Crippen LogP contribution is 2.26. The fourth-order valence-corrected chi connectivity index (χ4v) is 2.01. The van der Waals surface area contributed by atoms with E-state index in [9.17, 15) is 0 Å². The number of nitrogens with two attached hydrogens (primary N) is 1. The molecule has 3 N–H and O–H groups in total. The van der Waals surface area contributed by atoms with Gasteiger partial charge >= 0.3 is 0 Å². The van der Waals surface area contributed by atoms with Crippen molar-refractivity contribution in [2.45, 2.75) is 6.92 Å². The molecule has 0 fully saturated rings. The minimum Gasteiger partial charge on any atom is -0.389 e. The number of rotatable bonds is 3. The average Bonchev–Trinajstić information content (AvgIpc) is 2.33. The average molecular weight is 312 g/mol. The number of aryl methyl sites for hydroxylation is 1. The van der Waals surface area contributed by atoms with Crippen molar-refractivity contribution in [1.29, 1.82) is 0 Å². The molecule has 0 bridgehead atoms. The molecule has 0 unspecified atom stereocenters. The molecule has 1 heterocycles. The lowest BCUT2D eigenvalue weighted by atomic mass is 10.2. The second-order valence-corrected chi connectivity index (χ2v) is 5.25. The van der Waals surface area contributed by atoms with Crippen molar-refractivity contribution >= 4 is 51.9 Å². The van der Waals surface area contributed by atoms with Crippen LogP contribution in [0.4, 0.5) is 11.5 Å². The summed E-state index contributed by atoms with van der Waals surface area (Å²) < 4.78 is 0. The molecule has 0 aliphatic heterocycles. The number of aromatic nitrogens is 1. The van der Waals surface area contributed by atoms with Gasteiger partial charge in [-0.05, 0) is 37.3 Å². The van der Waals surface area contributed by atoms with E-state index in [0.717, 1.165) is 16.9 Å². The van der Waals surface area contributed by atoms with Crippen molar-refractivity contribution in [2.24, 2.45) is 5.73 Å². The summed E-state index contributed by atoms with van der Waals surface area (Å²) in [7, 11) is 0. The number of hydrogen-bond acceptors (Lipinski definition) is 3. The minimum atomic E-state index is 0.336. The van der Waals surface area contributed by atoms with Crippen LogP contribution in [0.5, 0.6) is 0 Å². The molecule has 1 aromatic heterocycles. The lowest BCUT2D eigenvalue weighted by molar-refractivity contribution is 1.19. The summed E-state index contributed by atoms with van der Waals surface area (Å²) in [6, 6.07) is 8.89. The van der Waals surface area contributed by atoms with E-state index in [4.69, 9.17) is 41.2 Å². The fraction of sp³-hybridized carbons (Fsp3) is 0.0769. The number of benzene rings is 1. The van der Waals surface area contributed by atoms with E-state index in [0.29, 0.717) is 20.9 Å². The van der Waals surface area contributed by atoms with E-state index in [2.05, 4.69) is 10.3 Å². The van der Waals surface area contributed by atoms with Crippen LogP contribution in [0, 0.1) is 6.92 Å². The topological polar surface area (TPSA) is 50.9 Å². The molecule has 2 rings (SSSR count). The molecule has 0 amide bonds. The van der Waals surface area contributed by atoms with Crippen LogP contribution in [-0.2, 0) is 0 Å². The molecule has 0 saturated heterocycles. The first-order chi connectivity index (χ1) is 8.95. The molecule has 0 saturated carbocycles. The molecular weight excluding hydrogens is 301 g/mol. The summed E-state index contributed by atoms with van der Waals surface area (Å²) in [6.45, 7) is 1.88. The zero-order valence-corrected chi connectivity index (χ0v) is 12.4. The van der Waals surface area contributed by atoms with Gasteiger partial charge in [-0.2, -0.15) is 0 Å². The van der Waals surface area contributed by atoms with Gasteiger partial charge in [-0.1, -0.05) is 35.4 Å². The van der Waals surface area contributed by atoms with Crippen LogP contribution in [0.15, 0.2) is 30.3 Å². The second-order valence-electron chi connectivity index (χ2n) is 4.00. The van der Waals surface area contributed by atoms with Crippen LogP contribution >= 0.6 is 35.4 Å². The maximum absolute atomic E-state index is 5.96. The fourth-order valence-electron chi connectivity index (χ4n) is 1.60. The first-order valence-electron chi connectivity index (χ1n) is 5.46. The van der Waals surface area contributed by atoms with Gasteiger partial charge in [0.05, 0.1) is 10.0 Å². The van der Waals surface area contributed by atoms with Gasteiger partial charge < -0.3 is 11.1 Å². The van der Waals surface area contributed by atoms with Crippen molar-refractivity contribution in [3.05, 3.63) is 51.6 Å². The summed E-state index contributed by atoms with van der Waals surface area (Å²) in [6.07, 6.45) is 0.